The van der Waals surface area contributed by atoms with Crippen LogP contribution in [-0.2, 0) is 0 Å². The summed E-state index contributed by atoms with van der Waals surface area (Å²) in [4.78, 5) is 2.36. The molecular weight excluding hydrogens is 687 g/mol. The molecule has 0 saturated carbocycles. The van der Waals surface area contributed by atoms with E-state index in [1.165, 1.54) is 77.2 Å². The largest absolute Gasteiger partial charge is 0.310 e. The molecule has 0 radical (unpaired) electrons. The van der Waals surface area contributed by atoms with Crippen LogP contribution in [0.4, 0.5) is 17.1 Å². The Bertz CT molecular complexity index is 2950. The van der Waals surface area contributed by atoms with Crippen molar-refractivity contribution in [1.82, 2.24) is 0 Å². The van der Waals surface area contributed by atoms with Crippen LogP contribution in [-0.4, -0.2) is 0 Å². The van der Waals surface area contributed by atoms with Crippen LogP contribution in [0.15, 0.2) is 237 Å². The molecule has 0 unspecified atom stereocenters. The molecule has 268 valence electrons. The van der Waals surface area contributed by atoms with Crippen molar-refractivity contribution in [1.29, 1.82) is 0 Å². The molecule has 10 aromatic carbocycles. The van der Waals surface area contributed by atoms with Crippen LogP contribution in [0.1, 0.15) is 0 Å². The molecule has 0 saturated heterocycles. The summed E-state index contributed by atoms with van der Waals surface area (Å²) >= 11 is 0. The van der Waals surface area contributed by atoms with Gasteiger partial charge in [0.2, 0.25) is 0 Å². The summed E-state index contributed by atoms with van der Waals surface area (Å²) in [6.45, 7) is 0. The van der Waals surface area contributed by atoms with E-state index in [0.29, 0.717) is 0 Å². The molecule has 0 aromatic heterocycles. The Labute approximate surface area is 334 Å². The molecule has 0 aliphatic carbocycles. The van der Waals surface area contributed by atoms with Crippen LogP contribution in [0.2, 0.25) is 0 Å². The highest BCUT2D eigenvalue weighted by atomic mass is 15.1. The van der Waals surface area contributed by atoms with Gasteiger partial charge in [0.25, 0.3) is 0 Å². The molecule has 10 aromatic rings. The van der Waals surface area contributed by atoms with E-state index in [9.17, 15) is 0 Å². The Morgan fingerprint density at radius 3 is 1.21 bits per heavy atom. The second-order valence-electron chi connectivity index (χ2n) is 14.4. The minimum atomic E-state index is 1.11. The maximum atomic E-state index is 2.42. The number of hydrogen-bond donors (Lipinski definition) is 0. The fourth-order valence-electron chi connectivity index (χ4n) is 8.47. The lowest BCUT2D eigenvalue weighted by atomic mass is 9.78. The van der Waals surface area contributed by atoms with Crippen molar-refractivity contribution in [3.05, 3.63) is 237 Å². The van der Waals surface area contributed by atoms with Crippen LogP contribution in [0, 0.1) is 0 Å². The molecule has 57 heavy (non-hydrogen) atoms. The zero-order chi connectivity index (χ0) is 38.0. The fourth-order valence-corrected chi connectivity index (χ4v) is 8.47. The van der Waals surface area contributed by atoms with Gasteiger partial charge in [0.1, 0.15) is 0 Å². The number of para-hydroxylation sites is 1. The van der Waals surface area contributed by atoms with Gasteiger partial charge in [-0.15, -0.1) is 0 Å². The van der Waals surface area contributed by atoms with Crippen LogP contribution in [0.3, 0.4) is 0 Å². The summed E-state index contributed by atoms with van der Waals surface area (Å²) in [6.07, 6.45) is 0. The Morgan fingerprint density at radius 2 is 0.649 bits per heavy atom. The van der Waals surface area contributed by atoms with Gasteiger partial charge in [0, 0.05) is 16.8 Å². The molecule has 0 amide bonds. The summed E-state index contributed by atoms with van der Waals surface area (Å²) in [7, 11) is 0. The SMILES string of the molecule is c1ccc(-c2c(-c3ccccc3)c(-c3ccccc3)c3cc(-c4ccc(N(c5ccccc5)c5cccc6ccccc56)cc4)ccc3c2-c2ccccc2)cc1. The summed E-state index contributed by atoms with van der Waals surface area (Å²) in [5, 5.41) is 4.89. The molecule has 0 fully saturated rings. The number of rotatable bonds is 8. The zero-order valence-corrected chi connectivity index (χ0v) is 31.5. The molecule has 0 heterocycles. The second kappa shape index (κ2) is 15.0. The lowest BCUT2D eigenvalue weighted by Gasteiger charge is -2.27. The molecule has 0 aliphatic rings. The Balaban J connectivity index is 1.21. The highest BCUT2D eigenvalue weighted by Gasteiger charge is 2.24. The summed E-state index contributed by atoms with van der Waals surface area (Å²) in [6, 6.07) is 85.6. The highest BCUT2D eigenvalue weighted by Crippen LogP contribution is 2.51. The highest BCUT2D eigenvalue weighted by molar-refractivity contribution is 6.19. The summed E-state index contributed by atoms with van der Waals surface area (Å²) in [5.74, 6) is 0. The predicted octanol–water partition coefficient (Wildman–Crippen LogP) is 15.8. The molecule has 1 nitrogen and oxygen atoms in total. The molecule has 1 heteroatoms. The lowest BCUT2D eigenvalue weighted by molar-refractivity contribution is 1.30. The van der Waals surface area contributed by atoms with E-state index in [2.05, 4.69) is 241 Å². The number of fused-ring (bicyclic) bond motifs is 2. The third-order valence-corrected chi connectivity index (χ3v) is 11.0. The monoisotopic (exact) mass is 725 g/mol. The first-order chi connectivity index (χ1) is 28.3. The molecule has 0 atom stereocenters. The van der Waals surface area contributed by atoms with Crippen LogP contribution in [0.5, 0.6) is 0 Å². The minimum absolute atomic E-state index is 1.11. The third kappa shape index (κ3) is 6.36. The van der Waals surface area contributed by atoms with Crippen molar-refractivity contribution in [3.8, 4) is 55.6 Å². The molecule has 0 N–H and O–H groups in total. The van der Waals surface area contributed by atoms with Crippen molar-refractivity contribution in [2.24, 2.45) is 0 Å². The van der Waals surface area contributed by atoms with Crippen LogP contribution >= 0.6 is 0 Å². The molecule has 0 spiro atoms. The topological polar surface area (TPSA) is 3.24 Å². The number of hydrogen-bond acceptors (Lipinski definition) is 1. The normalized spacial score (nSPS) is 11.2. The Kier molecular flexibility index (Phi) is 8.95. The van der Waals surface area contributed by atoms with Crippen LogP contribution in [0.25, 0.3) is 77.2 Å². The standard InChI is InChI=1S/C56H39N/c1-6-20-42(21-7-1)53-50-38-35-46(40-33-36-48(37-34-40)57(47-29-14-5-15-30-47)52-32-18-28-41-19-16-17-31-49(41)52)39-51(50)54(43-22-8-2-9-23-43)56(45-26-12-4-13-27-45)55(53)44-24-10-3-11-25-44/h1-39H. The summed E-state index contributed by atoms with van der Waals surface area (Å²) < 4.78 is 0. The molecule has 10 rings (SSSR count). The van der Waals surface area contributed by atoms with Gasteiger partial charge in [-0.1, -0.05) is 200 Å². The maximum absolute atomic E-state index is 2.42. The molecule has 0 bridgehead atoms. The van der Waals surface area contributed by atoms with Gasteiger partial charge in [-0.3, -0.25) is 0 Å². The summed E-state index contributed by atoms with van der Waals surface area (Å²) in [5.41, 5.74) is 15.5. The lowest BCUT2D eigenvalue weighted by Crippen LogP contribution is -2.10. The van der Waals surface area contributed by atoms with Gasteiger partial charge < -0.3 is 4.90 Å². The third-order valence-electron chi connectivity index (χ3n) is 11.0. The average molecular weight is 726 g/mol. The Morgan fingerprint density at radius 1 is 0.228 bits per heavy atom. The van der Waals surface area contributed by atoms with Gasteiger partial charge in [-0.2, -0.15) is 0 Å². The smallest absolute Gasteiger partial charge is 0.0540 e. The number of nitrogens with zero attached hydrogens (tertiary/aromatic N) is 1. The first-order valence-electron chi connectivity index (χ1n) is 19.6. The fraction of sp³-hybridized carbons (Fsp3) is 0. The van der Waals surface area contributed by atoms with Gasteiger partial charge in [0.05, 0.1) is 5.69 Å². The van der Waals surface area contributed by atoms with E-state index >= 15 is 0 Å². The van der Waals surface area contributed by atoms with E-state index in [1.54, 1.807) is 0 Å². The van der Waals surface area contributed by atoms with Crippen molar-refractivity contribution >= 4 is 38.6 Å². The number of benzene rings is 10. The van der Waals surface area contributed by atoms with Crippen molar-refractivity contribution < 1.29 is 0 Å². The zero-order valence-electron chi connectivity index (χ0n) is 31.5. The van der Waals surface area contributed by atoms with Gasteiger partial charge >= 0.3 is 0 Å². The van der Waals surface area contributed by atoms with Crippen molar-refractivity contribution in [2.75, 3.05) is 4.90 Å². The maximum Gasteiger partial charge on any atom is 0.0540 e. The average Bonchev–Trinajstić information content (AvgIpc) is 3.30. The van der Waals surface area contributed by atoms with Gasteiger partial charge in [-0.05, 0) is 108 Å². The quantitative estimate of drug-likeness (QED) is 0.151. The molecular formula is C56H39N. The van der Waals surface area contributed by atoms with Crippen molar-refractivity contribution in [3.63, 3.8) is 0 Å². The predicted molar refractivity (Wildman–Crippen MR) is 243 cm³/mol. The second-order valence-corrected chi connectivity index (χ2v) is 14.4. The number of anilines is 3. The first kappa shape index (κ1) is 34.0. The first-order valence-corrected chi connectivity index (χ1v) is 19.6. The van der Waals surface area contributed by atoms with E-state index in [1.807, 2.05) is 0 Å². The van der Waals surface area contributed by atoms with E-state index in [-0.39, 0.29) is 0 Å². The van der Waals surface area contributed by atoms with Gasteiger partial charge in [-0.25, -0.2) is 0 Å². The molecule has 0 aliphatic heterocycles. The van der Waals surface area contributed by atoms with Gasteiger partial charge in [0.15, 0.2) is 0 Å². The van der Waals surface area contributed by atoms with E-state index in [0.717, 1.165) is 17.1 Å². The minimum Gasteiger partial charge on any atom is -0.310 e. The van der Waals surface area contributed by atoms with E-state index in [4.69, 9.17) is 0 Å². The van der Waals surface area contributed by atoms with Crippen LogP contribution < -0.4 is 4.90 Å². The Hall–Kier alpha value is -7.48. The van der Waals surface area contributed by atoms with E-state index < -0.39 is 0 Å². The van der Waals surface area contributed by atoms with Crippen molar-refractivity contribution in [2.45, 2.75) is 0 Å².